The first-order chi connectivity index (χ1) is 15.2. The van der Waals surface area contributed by atoms with Crippen LogP contribution in [0.15, 0.2) is 72.8 Å². The predicted molar refractivity (Wildman–Crippen MR) is 133 cm³/mol. The van der Waals surface area contributed by atoms with Gasteiger partial charge in [-0.1, -0.05) is 79.7 Å². The van der Waals surface area contributed by atoms with Gasteiger partial charge in [0.15, 0.2) is 0 Å². The molecule has 0 saturated carbocycles. The quantitative estimate of drug-likeness (QED) is 0.345. The third-order valence-electron chi connectivity index (χ3n) is 6.21. The Bertz CT molecular complexity index is 1070. The molecule has 160 valence electrons. The van der Waals surface area contributed by atoms with Crippen molar-refractivity contribution in [2.75, 3.05) is 19.9 Å². The minimum Gasteiger partial charge on any atom is -0.300 e. The van der Waals surface area contributed by atoms with Crippen LogP contribution in [0.25, 0.3) is 21.5 Å². The van der Waals surface area contributed by atoms with E-state index in [1.807, 2.05) is 0 Å². The number of fused-ring (bicyclic) bond motifs is 2. The zero-order chi connectivity index (χ0) is 21.6. The average Bonchev–Trinajstić information content (AvgIpc) is 2.79. The van der Waals surface area contributed by atoms with Crippen molar-refractivity contribution in [3.63, 3.8) is 0 Å². The lowest BCUT2D eigenvalue weighted by Crippen LogP contribution is -2.40. The second kappa shape index (κ2) is 10.1. The molecule has 0 unspecified atom stereocenters. The van der Waals surface area contributed by atoms with Crippen LogP contribution in [0.5, 0.6) is 0 Å². The number of aryl methyl sites for hydroxylation is 2. The molecule has 0 radical (unpaired) electrons. The Morgan fingerprint density at radius 1 is 0.581 bits per heavy atom. The van der Waals surface area contributed by atoms with Gasteiger partial charge in [0.25, 0.3) is 0 Å². The second-order valence-electron chi connectivity index (χ2n) is 8.33. The van der Waals surface area contributed by atoms with E-state index in [1.165, 1.54) is 43.8 Å². The maximum Gasteiger partial charge on any atom is 0.0494 e. The van der Waals surface area contributed by atoms with Gasteiger partial charge >= 0.3 is 0 Å². The molecule has 0 saturated heterocycles. The number of nitrogens with one attached hydrogen (secondary N) is 2. The molecule has 3 nitrogen and oxygen atoms in total. The normalized spacial score (nSPS) is 11.6. The minimum atomic E-state index is 0.861. The molecule has 4 aromatic carbocycles. The first kappa shape index (κ1) is 21.5. The Labute approximate surface area is 186 Å². The highest BCUT2D eigenvalue weighted by atomic mass is 15.3. The molecular weight excluding hydrogens is 378 g/mol. The van der Waals surface area contributed by atoms with Gasteiger partial charge in [-0.25, -0.2) is 0 Å². The smallest absolute Gasteiger partial charge is 0.0494 e. The van der Waals surface area contributed by atoms with Crippen molar-refractivity contribution in [3.05, 3.63) is 95.1 Å². The SMILES string of the molecule is CCN(CNCc1cccc2c(C)cccc12)CNCc1cccc2c(C)cccc12. The molecule has 0 spiro atoms. The van der Waals surface area contributed by atoms with Gasteiger partial charge in [-0.2, -0.15) is 0 Å². The standard InChI is InChI=1S/C28H33N3/c1-4-31(19-29-17-23-11-7-13-25-21(2)9-5-15-27(23)25)20-30-18-24-12-8-14-26-22(3)10-6-16-28(24)26/h5-16,29-30H,4,17-20H2,1-3H3. The average molecular weight is 412 g/mol. The summed E-state index contributed by atoms with van der Waals surface area (Å²) in [6, 6.07) is 26.3. The van der Waals surface area contributed by atoms with Crippen molar-refractivity contribution in [1.29, 1.82) is 0 Å². The van der Waals surface area contributed by atoms with Crippen LogP contribution in [0.2, 0.25) is 0 Å². The van der Waals surface area contributed by atoms with Crippen LogP contribution in [0.4, 0.5) is 0 Å². The van der Waals surface area contributed by atoms with Crippen molar-refractivity contribution >= 4 is 21.5 Å². The predicted octanol–water partition coefficient (Wildman–Crippen LogP) is 5.73. The Kier molecular flexibility index (Phi) is 6.98. The molecule has 0 atom stereocenters. The van der Waals surface area contributed by atoms with Gasteiger partial charge in [0, 0.05) is 26.4 Å². The molecule has 0 aliphatic carbocycles. The summed E-state index contributed by atoms with van der Waals surface area (Å²) >= 11 is 0. The number of nitrogens with zero attached hydrogens (tertiary/aromatic N) is 1. The van der Waals surface area contributed by atoms with Gasteiger partial charge in [-0.3, -0.25) is 4.90 Å². The monoisotopic (exact) mass is 411 g/mol. The van der Waals surface area contributed by atoms with Crippen LogP contribution in [-0.4, -0.2) is 24.8 Å². The van der Waals surface area contributed by atoms with Crippen LogP contribution < -0.4 is 10.6 Å². The lowest BCUT2D eigenvalue weighted by Gasteiger charge is -2.22. The molecule has 3 heteroatoms. The van der Waals surface area contributed by atoms with Crippen molar-refractivity contribution in [3.8, 4) is 0 Å². The van der Waals surface area contributed by atoms with Gasteiger partial charge < -0.3 is 10.6 Å². The third-order valence-corrected chi connectivity index (χ3v) is 6.21. The summed E-state index contributed by atoms with van der Waals surface area (Å²) in [7, 11) is 0. The summed E-state index contributed by atoms with van der Waals surface area (Å²) < 4.78 is 0. The zero-order valence-corrected chi connectivity index (χ0v) is 18.9. The maximum absolute atomic E-state index is 3.64. The Morgan fingerprint density at radius 3 is 1.45 bits per heavy atom. The Balaban J connectivity index is 1.32. The van der Waals surface area contributed by atoms with Crippen LogP contribution in [0, 0.1) is 13.8 Å². The van der Waals surface area contributed by atoms with Crippen molar-refractivity contribution in [2.24, 2.45) is 0 Å². The summed E-state index contributed by atoms with van der Waals surface area (Å²) in [5.74, 6) is 0. The summed E-state index contributed by atoms with van der Waals surface area (Å²) in [5.41, 5.74) is 5.39. The zero-order valence-electron chi connectivity index (χ0n) is 18.9. The van der Waals surface area contributed by atoms with E-state index in [1.54, 1.807) is 0 Å². The van der Waals surface area contributed by atoms with E-state index in [0.717, 1.165) is 33.0 Å². The van der Waals surface area contributed by atoms with E-state index >= 15 is 0 Å². The summed E-state index contributed by atoms with van der Waals surface area (Å²) in [6.45, 7) is 11.1. The lowest BCUT2D eigenvalue weighted by atomic mass is 10.0. The second-order valence-corrected chi connectivity index (χ2v) is 8.33. The van der Waals surface area contributed by atoms with Gasteiger partial charge in [0.1, 0.15) is 0 Å². The highest BCUT2D eigenvalue weighted by Gasteiger charge is 2.06. The van der Waals surface area contributed by atoms with E-state index in [9.17, 15) is 0 Å². The molecule has 0 amide bonds. The molecule has 0 aliphatic heterocycles. The van der Waals surface area contributed by atoms with E-state index in [4.69, 9.17) is 0 Å². The lowest BCUT2D eigenvalue weighted by molar-refractivity contribution is 0.244. The van der Waals surface area contributed by atoms with Crippen LogP contribution in [-0.2, 0) is 13.1 Å². The summed E-state index contributed by atoms with van der Waals surface area (Å²) in [5, 5.41) is 12.7. The first-order valence-corrected chi connectivity index (χ1v) is 11.3. The molecule has 2 N–H and O–H groups in total. The maximum atomic E-state index is 3.64. The third kappa shape index (κ3) is 4.96. The highest BCUT2D eigenvalue weighted by Crippen LogP contribution is 2.23. The van der Waals surface area contributed by atoms with E-state index in [0.29, 0.717) is 0 Å². The van der Waals surface area contributed by atoms with Crippen molar-refractivity contribution in [2.45, 2.75) is 33.9 Å². The molecular formula is C28H33N3. The topological polar surface area (TPSA) is 27.3 Å². The van der Waals surface area contributed by atoms with Crippen molar-refractivity contribution < 1.29 is 0 Å². The van der Waals surface area contributed by atoms with Gasteiger partial charge in [-0.05, 0) is 64.2 Å². The number of hydrogen-bond acceptors (Lipinski definition) is 3. The first-order valence-electron chi connectivity index (χ1n) is 11.3. The Hall–Kier alpha value is -2.72. The molecule has 0 bridgehead atoms. The molecule has 0 fully saturated rings. The van der Waals surface area contributed by atoms with Crippen LogP contribution >= 0.6 is 0 Å². The fourth-order valence-electron chi connectivity index (χ4n) is 4.35. The largest absolute Gasteiger partial charge is 0.300 e. The minimum absolute atomic E-state index is 0.861. The number of rotatable bonds is 9. The van der Waals surface area contributed by atoms with Crippen LogP contribution in [0.3, 0.4) is 0 Å². The summed E-state index contributed by atoms with van der Waals surface area (Å²) in [4.78, 5) is 2.40. The molecule has 0 aliphatic rings. The van der Waals surface area contributed by atoms with Crippen molar-refractivity contribution in [1.82, 2.24) is 15.5 Å². The highest BCUT2D eigenvalue weighted by molar-refractivity contribution is 5.89. The van der Waals surface area contributed by atoms with Gasteiger partial charge in [0.05, 0.1) is 0 Å². The molecule has 0 aromatic heterocycles. The van der Waals surface area contributed by atoms with Gasteiger partial charge in [-0.15, -0.1) is 0 Å². The fraction of sp³-hybridized carbons (Fsp3) is 0.286. The van der Waals surface area contributed by atoms with E-state index < -0.39 is 0 Å². The Morgan fingerprint density at radius 2 is 1.00 bits per heavy atom. The summed E-state index contributed by atoms with van der Waals surface area (Å²) in [6.07, 6.45) is 0. The number of benzene rings is 4. The van der Waals surface area contributed by atoms with E-state index in [2.05, 4.69) is 109 Å². The van der Waals surface area contributed by atoms with Gasteiger partial charge in [0.2, 0.25) is 0 Å². The van der Waals surface area contributed by atoms with E-state index in [-0.39, 0.29) is 0 Å². The van der Waals surface area contributed by atoms with Crippen LogP contribution in [0.1, 0.15) is 29.2 Å². The molecule has 31 heavy (non-hydrogen) atoms. The molecule has 4 aromatic rings. The molecule has 4 rings (SSSR count). The number of hydrogen-bond donors (Lipinski definition) is 2. The molecule has 0 heterocycles. The fourth-order valence-corrected chi connectivity index (χ4v) is 4.35.